The predicted octanol–water partition coefficient (Wildman–Crippen LogP) is 5.67. The lowest BCUT2D eigenvalue weighted by molar-refractivity contribution is 1.18. The van der Waals surface area contributed by atoms with E-state index in [9.17, 15) is 0 Å². The normalized spacial score (nSPS) is 11.6. The van der Waals surface area contributed by atoms with Crippen molar-refractivity contribution in [1.29, 1.82) is 0 Å². The highest BCUT2D eigenvalue weighted by atomic mass is 79.9. The van der Waals surface area contributed by atoms with Gasteiger partial charge in [0.1, 0.15) is 0 Å². The average molecular weight is 334 g/mol. The number of aromatic nitrogens is 1. The van der Waals surface area contributed by atoms with Crippen molar-refractivity contribution in [3.8, 4) is 5.69 Å². The Morgan fingerprint density at radius 2 is 1.78 bits per heavy atom. The number of nitrogens with zero attached hydrogens (tertiary/aromatic N) is 1. The number of hydrogen-bond acceptors (Lipinski definition) is 2. The third-order valence-electron chi connectivity index (χ3n) is 3.03. The molecule has 88 valence electrons. The van der Waals surface area contributed by atoms with E-state index in [2.05, 4.69) is 68.3 Å². The van der Waals surface area contributed by atoms with Crippen molar-refractivity contribution in [1.82, 2.24) is 4.57 Å². The minimum absolute atomic E-state index is 1.19. The SMILES string of the molecule is Brc1cc2c(s1)c1sccc1n2-c1ccccc1. The Bertz CT molecular complexity index is 839. The third kappa shape index (κ3) is 1.43. The molecular formula is C14H8BrNS2. The quantitative estimate of drug-likeness (QED) is 0.423. The molecule has 4 aromatic rings. The van der Waals surface area contributed by atoms with Gasteiger partial charge in [-0.3, -0.25) is 0 Å². The van der Waals surface area contributed by atoms with Crippen molar-refractivity contribution < 1.29 is 0 Å². The second-order valence-electron chi connectivity index (χ2n) is 4.07. The van der Waals surface area contributed by atoms with Gasteiger partial charge in [0, 0.05) is 5.69 Å². The van der Waals surface area contributed by atoms with E-state index in [0.717, 1.165) is 0 Å². The van der Waals surface area contributed by atoms with Gasteiger partial charge in [-0.05, 0) is 45.6 Å². The molecule has 0 amide bonds. The molecule has 0 bridgehead atoms. The van der Waals surface area contributed by atoms with E-state index >= 15 is 0 Å². The molecule has 0 aliphatic heterocycles. The summed E-state index contributed by atoms with van der Waals surface area (Å²) in [5, 5.41) is 2.16. The molecule has 0 unspecified atom stereocenters. The molecule has 3 heterocycles. The number of hydrogen-bond donors (Lipinski definition) is 0. The Morgan fingerprint density at radius 3 is 2.61 bits per heavy atom. The second-order valence-corrected chi connectivity index (χ2v) is 7.42. The van der Waals surface area contributed by atoms with Crippen LogP contribution in [0.4, 0.5) is 0 Å². The van der Waals surface area contributed by atoms with E-state index in [-0.39, 0.29) is 0 Å². The fraction of sp³-hybridized carbons (Fsp3) is 0. The number of fused-ring (bicyclic) bond motifs is 3. The molecule has 4 rings (SSSR count). The molecule has 1 nitrogen and oxygen atoms in total. The van der Waals surface area contributed by atoms with Crippen LogP contribution in [0, 0.1) is 0 Å². The maximum atomic E-state index is 3.59. The number of rotatable bonds is 1. The summed E-state index contributed by atoms with van der Waals surface area (Å²) in [7, 11) is 0. The summed E-state index contributed by atoms with van der Waals surface area (Å²) in [6.07, 6.45) is 0. The van der Waals surface area contributed by atoms with Crippen molar-refractivity contribution in [3.63, 3.8) is 0 Å². The van der Waals surface area contributed by atoms with Gasteiger partial charge in [-0.2, -0.15) is 0 Å². The van der Waals surface area contributed by atoms with Crippen molar-refractivity contribution in [2.75, 3.05) is 0 Å². The highest BCUT2D eigenvalue weighted by molar-refractivity contribution is 9.11. The number of halogens is 1. The predicted molar refractivity (Wildman–Crippen MR) is 84.2 cm³/mol. The molecule has 0 radical (unpaired) electrons. The molecule has 18 heavy (non-hydrogen) atoms. The van der Waals surface area contributed by atoms with Gasteiger partial charge in [-0.25, -0.2) is 0 Å². The standard InChI is InChI=1S/C14H8BrNS2/c15-12-8-11-14(18-12)13-10(6-7-17-13)16(11)9-4-2-1-3-5-9/h1-8H. The summed E-state index contributed by atoms with van der Waals surface area (Å²) < 4.78 is 6.27. The van der Waals surface area contributed by atoms with Gasteiger partial charge in [0.15, 0.2) is 0 Å². The Morgan fingerprint density at radius 1 is 0.944 bits per heavy atom. The molecule has 0 saturated carbocycles. The topological polar surface area (TPSA) is 4.93 Å². The van der Waals surface area contributed by atoms with Crippen molar-refractivity contribution >= 4 is 59.0 Å². The highest BCUT2D eigenvalue weighted by Gasteiger charge is 2.15. The lowest BCUT2D eigenvalue weighted by Gasteiger charge is -2.04. The third-order valence-corrected chi connectivity index (χ3v) is 5.72. The minimum atomic E-state index is 1.19. The van der Waals surface area contributed by atoms with Crippen LogP contribution < -0.4 is 0 Å². The van der Waals surface area contributed by atoms with E-state index in [1.165, 1.54) is 29.9 Å². The summed E-state index contributed by atoms with van der Waals surface area (Å²) in [5.41, 5.74) is 3.82. The van der Waals surface area contributed by atoms with Crippen molar-refractivity contribution in [2.45, 2.75) is 0 Å². The van der Waals surface area contributed by atoms with Gasteiger partial charge < -0.3 is 4.57 Å². The zero-order chi connectivity index (χ0) is 12.1. The van der Waals surface area contributed by atoms with Crippen LogP contribution >= 0.6 is 38.6 Å². The lowest BCUT2D eigenvalue weighted by atomic mass is 10.3. The van der Waals surface area contributed by atoms with Gasteiger partial charge in [0.2, 0.25) is 0 Å². The van der Waals surface area contributed by atoms with Crippen LogP contribution in [0.1, 0.15) is 0 Å². The van der Waals surface area contributed by atoms with Gasteiger partial charge in [-0.15, -0.1) is 22.7 Å². The number of thiophene rings is 2. The summed E-state index contributed by atoms with van der Waals surface area (Å²) >= 11 is 7.22. The van der Waals surface area contributed by atoms with Crippen molar-refractivity contribution in [3.05, 3.63) is 51.6 Å². The van der Waals surface area contributed by atoms with Crippen LogP contribution in [0.25, 0.3) is 26.1 Å². The molecule has 0 aliphatic rings. The summed E-state index contributed by atoms with van der Waals surface area (Å²) in [6.45, 7) is 0. The zero-order valence-electron chi connectivity index (χ0n) is 9.26. The van der Waals surface area contributed by atoms with Gasteiger partial charge in [-0.1, -0.05) is 18.2 Å². The number of benzene rings is 1. The highest BCUT2D eigenvalue weighted by Crippen LogP contribution is 2.41. The monoisotopic (exact) mass is 333 g/mol. The first-order valence-electron chi connectivity index (χ1n) is 5.57. The first-order chi connectivity index (χ1) is 8.84. The molecule has 3 aromatic heterocycles. The second kappa shape index (κ2) is 3.95. The first kappa shape index (κ1) is 10.8. The van der Waals surface area contributed by atoms with E-state index < -0.39 is 0 Å². The molecule has 1 aromatic carbocycles. The fourth-order valence-corrected chi connectivity index (χ4v) is 4.93. The van der Waals surface area contributed by atoms with Crippen LogP contribution in [-0.2, 0) is 0 Å². The molecular weight excluding hydrogens is 326 g/mol. The van der Waals surface area contributed by atoms with Crippen LogP contribution in [-0.4, -0.2) is 4.57 Å². The Labute approximate surface area is 120 Å². The maximum Gasteiger partial charge on any atom is 0.0727 e. The van der Waals surface area contributed by atoms with Crippen LogP contribution in [0.3, 0.4) is 0 Å². The fourth-order valence-electron chi connectivity index (χ4n) is 2.31. The smallest absolute Gasteiger partial charge is 0.0727 e. The molecule has 0 N–H and O–H groups in total. The molecule has 4 heteroatoms. The van der Waals surface area contributed by atoms with Crippen LogP contribution in [0.15, 0.2) is 51.6 Å². The minimum Gasteiger partial charge on any atom is -0.307 e. The Kier molecular flexibility index (Phi) is 2.37. The molecule has 0 saturated heterocycles. The van der Waals surface area contributed by atoms with Crippen LogP contribution in [0.2, 0.25) is 0 Å². The number of para-hydroxylation sites is 1. The zero-order valence-corrected chi connectivity index (χ0v) is 12.5. The molecule has 0 aliphatic carbocycles. The molecule has 0 fully saturated rings. The first-order valence-corrected chi connectivity index (χ1v) is 8.06. The molecule has 0 atom stereocenters. The van der Waals surface area contributed by atoms with Gasteiger partial charge in [0.05, 0.1) is 24.2 Å². The summed E-state index contributed by atoms with van der Waals surface area (Å²) in [6, 6.07) is 14.9. The van der Waals surface area contributed by atoms with Gasteiger partial charge in [0.25, 0.3) is 0 Å². The van der Waals surface area contributed by atoms with E-state index in [0.29, 0.717) is 0 Å². The van der Waals surface area contributed by atoms with E-state index in [1.807, 2.05) is 22.7 Å². The van der Waals surface area contributed by atoms with Crippen molar-refractivity contribution in [2.24, 2.45) is 0 Å². The largest absolute Gasteiger partial charge is 0.307 e. The summed E-state index contributed by atoms with van der Waals surface area (Å²) in [5.74, 6) is 0. The lowest BCUT2D eigenvalue weighted by Crippen LogP contribution is -1.91. The maximum absolute atomic E-state index is 3.59. The van der Waals surface area contributed by atoms with Gasteiger partial charge >= 0.3 is 0 Å². The van der Waals surface area contributed by atoms with E-state index in [1.54, 1.807) is 0 Å². The van der Waals surface area contributed by atoms with E-state index in [4.69, 9.17) is 0 Å². The van der Waals surface area contributed by atoms with Crippen LogP contribution in [0.5, 0.6) is 0 Å². The summed E-state index contributed by atoms with van der Waals surface area (Å²) in [4.78, 5) is 0. The molecule has 0 spiro atoms. The Balaban J connectivity index is 2.21. The average Bonchev–Trinajstić information content (AvgIpc) is 3.02. The Hall–Kier alpha value is -1.10.